The van der Waals surface area contributed by atoms with Gasteiger partial charge in [0.1, 0.15) is 15.5 Å². The van der Waals surface area contributed by atoms with Crippen LogP contribution < -0.4 is 10.9 Å². The van der Waals surface area contributed by atoms with Crippen molar-refractivity contribution in [3.8, 4) is 0 Å². The number of hydrogen-bond donors (Lipinski definition) is 1. The van der Waals surface area contributed by atoms with E-state index in [4.69, 9.17) is 23.2 Å². The molecule has 2 aromatic rings. The third-order valence-electron chi connectivity index (χ3n) is 3.35. The molecule has 1 heterocycles. The largest absolute Gasteiger partial charge is 0.318 e. The quantitative estimate of drug-likeness (QED) is 0.736. The molecule has 2 rings (SSSR count). The topological polar surface area (TPSA) is 85.2 Å². The van der Waals surface area contributed by atoms with Gasteiger partial charge in [-0.25, -0.2) is 8.42 Å². The number of rotatable bonds is 6. The first-order valence-electron chi connectivity index (χ1n) is 7.47. The van der Waals surface area contributed by atoms with Crippen molar-refractivity contribution in [1.82, 2.24) is 4.57 Å². The average Bonchev–Trinajstić information content (AvgIpc) is 2.55. The van der Waals surface area contributed by atoms with Crippen molar-refractivity contribution >= 4 is 50.7 Å². The normalized spacial score (nSPS) is 11.7. The highest BCUT2D eigenvalue weighted by molar-refractivity contribution is 7.90. The SMILES string of the molecule is CS(=O)(=O)CCn1cccc(NC(=O)/C=C/c2cc(Cl)ccc2Cl)c1=O. The first-order chi connectivity index (χ1) is 12.2. The smallest absolute Gasteiger partial charge is 0.274 e. The maximum Gasteiger partial charge on any atom is 0.274 e. The van der Waals surface area contributed by atoms with E-state index in [9.17, 15) is 18.0 Å². The maximum absolute atomic E-state index is 12.3. The third-order valence-corrected chi connectivity index (χ3v) is 4.86. The number of aromatic nitrogens is 1. The second-order valence-corrected chi connectivity index (χ2v) is 8.64. The summed E-state index contributed by atoms with van der Waals surface area (Å²) in [6, 6.07) is 7.84. The Bertz CT molecular complexity index is 1010. The second-order valence-electron chi connectivity index (χ2n) is 5.54. The molecule has 0 unspecified atom stereocenters. The molecule has 1 N–H and O–H groups in total. The molecule has 0 fully saturated rings. The average molecular weight is 415 g/mol. The van der Waals surface area contributed by atoms with E-state index in [0.717, 1.165) is 6.26 Å². The summed E-state index contributed by atoms with van der Waals surface area (Å²) in [4.78, 5) is 24.3. The summed E-state index contributed by atoms with van der Waals surface area (Å²) in [5, 5.41) is 3.38. The van der Waals surface area contributed by atoms with Crippen molar-refractivity contribution in [1.29, 1.82) is 0 Å². The van der Waals surface area contributed by atoms with Gasteiger partial charge in [0.2, 0.25) is 5.91 Å². The Morgan fingerprint density at radius 2 is 2.00 bits per heavy atom. The molecule has 0 aliphatic heterocycles. The molecule has 0 saturated carbocycles. The zero-order valence-electron chi connectivity index (χ0n) is 13.8. The fourth-order valence-corrected chi connectivity index (χ4v) is 2.94. The zero-order chi connectivity index (χ0) is 19.3. The number of anilines is 1. The van der Waals surface area contributed by atoms with Gasteiger partial charge in [-0.2, -0.15) is 0 Å². The van der Waals surface area contributed by atoms with Crippen molar-refractivity contribution < 1.29 is 13.2 Å². The number of carbonyl (C=O) groups is 1. The van der Waals surface area contributed by atoms with E-state index in [1.165, 1.54) is 29.0 Å². The molecule has 0 saturated heterocycles. The summed E-state index contributed by atoms with van der Waals surface area (Å²) in [6.45, 7) is 0.00926. The number of amides is 1. The van der Waals surface area contributed by atoms with Gasteiger partial charge < -0.3 is 9.88 Å². The molecule has 0 bridgehead atoms. The number of aryl methyl sites for hydroxylation is 1. The minimum Gasteiger partial charge on any atom is -0.318 e. The highest BCUT2D eigenvalue weighted by Gasteiger charge is 2.08. The van der Waals surface area contributed by atoms with Gasteiger partial charge in [-0.3, -0.25) is 9.59 Å². The van der Waals surface area contributed by atoms with Crippen LogP contribution in [0.15, 0.2) is 47.4 Å². The van der Waals surface area contributed by atoms with Crippen LogP contribution in [-0.2, 0) is 21.2 Å². The number of halogens is 2. The molecule has 9 heteroatoms. The summed E-state index contributed by atoms with van der Waals surface area (Å²) >= 11 is 11.9. The number of hydrogen-bond acceptors (Lipinski definition) is 4. The number of pyridine rings is 1. The Morgan fingerprint density at radius 3 is 2.69 bits per heavy atom. The number of nitrogens with zero attached hydrogens (tertiary/aromatic N) is 1. The van der Waals surface area contributed by atoms with Gasteiger partial charge in [0.15, 0.2) is 0 Å². The van der Waals surface area contributed by atoms with Crippen LogP contribution in [0.25, 0.3) is 6.08 Å². The fourth-order valence-electron chi connectivity index (χ4n) is 2.05. The lowest BCUT2D eigenvalue weighted by molar-refractivity contribution is -0.111. The minimum absolute atomic E-state index is 0.00926. The van der Waals surface area contributed by atoms with Crippen molar-refractivity contribution in [2.45, 2.75) is 6.54 Å². The first-order valence-corrected chi connectivity index (χ1v) is 10.3. The van der Waals surface area contributed by atoms with Gasteiger partial charge in [0.05, 0.1) is 5.75 Å². The van der Waals surface area contributed by atoms with Crippen LogP contribution in [0.3, 0.4) is 0 Å². The fraction of sp³-hybridized carbons (Fsp3) is 0.176. The second kappa shape index (κ2) is 8.53. The third kappa shape index (κ3) is 6.01. The van der Waals surface area contributed by atoms with E-state index in [2.05, 4.69) is 5.32 Å². The summed E-state index contributed by atoms with van der Waals surface area (Å²) in [5.74, 6) is -0.698. The van der Waals surface area contributed by atoms with Crippen LogP contribution in [0.4, 0.5) is 5.69 Å². The monoisotopic (exact) mass is 414 g/mol. The van der Waals surface area contributed by atoms with E-state index in [0.29, 0.717) is 15.6 Å². The van der Waals surface area contributed by atoms with Crippen LogP contribution in [0.5, 0.6) is 0 Å². The summed E-state index contributed by atoms with van der Waals surface area (Å²) < 4.78 is 23.7. The molecule has 1 aromatic heterocycles. The Hall–Kier alpha value is -2.09. The molecule has 0 aliphatic carbocycles. The Labute approximate surface area is 161 Å². The van der Waals surface area contributed by atoms with Gasteiger partial charge in [-0.05, 0) is 42.0 Å². The molecular formula is C17H16Cl2N2O4S. The number of nitrogens with one attached hydrogen (secondary N) is 1. The van der Waals surface area contributed by atoms with Crippen molar-refractivity contribution in [2.24, 2.45) is 0 Å². The molecule has 138 valence electrons. The zero-order valence-corrected chi connectivity index (χ0v) is 16.1. The summed E-state index contributed by atoms with van der Waals surface area (Å²) in [6.07, 6.45) is 5.26. The molecule has 1 aromatic carbocycles. The van der Waals surface area contributed by atoms with E-state index in [1.807, 2.05) is 0 Å². The van der Waals surface area contributed by atoms with Crippen LogP contribution in [0.2, 0.25) is 10.0 Å². The predicted octanol–water partition coefficient (Wildman–Crippen LogP) is 2.85. The first kappa shape index (κ1) is 20.2. The number of carbonyl (C=O) groups excluding carboxylic acids is 1. The van der Waals surface area contributed by atoms with Gasteiger partial charge in [-0.1, -0.05) is 23.2 Å². The van der Waals surface area contributed by atoms with Gasteiger partial charge in [0, 0.05) is 35.1 Å². The van der Waals surface area contributed by atoms with Crippen LogP contribution in [0.1, 0.15) is 5.56 Å². The van der Waals surface area contributed by atoms with E-state index in [-0.39, 0.29) is 18.0 Å². The number of benzene rings is 1. The van der Waals surface area contributed by atoms with E-state index >= 15 is 0 Å². The molecule has 26 heavy (non-hydrogen) atoms. The Morgan fingerprint density at radius 1 is 1.27 bits per heavy atom. The van der Waals surface area contributed by atoms with Crippen LogP contribution in [0, 0.1) is 0 Å². The Kier molecular flexibility index (Phi) is 6.63. The molecule has 0 spiro atoms. The molecule has 0 atom stereocenters. The van der Waals surface area contributed by atoms with Crippen molar-refractivity contribution in [3.63, 3.8) is 0 Å². The lowest BCUT2D eigenvalue weighted by Crippen LogP contribution is -2.27. The van der Waals surface area contributed by atoms with Gasteiger partial charge in [-0.15, -0.1) is 0 Å². The number of sulfone groups is 1. The van der Waals surface area contributed by atoms with E-state index < -0.39 is 21.3 Å². The Balaban J connectivity index is 2.13. The molecular weight excluding hydrogens is 399 g/mol. The molecule has 0 aliphatic rings. The summed E-state index contributed by atoms with van der Waals surface area (Å²) in [7, 11) is -3.20. The van der Waals surface area contributed by atoms with Gasteiger partial charge >= 0.3 is 0 Å². The highest BCUT2D eigenvalue weighted by Crippen LogP contribution is 2.21. The highest BCUT2D eigenvalue weighted by atomic mass is 35.5. The van der Waals surface area contributed by atoms with Crippen LogP contribution >= 0.6 is 23.2 Å². The van der Waals surface area contributed by atoms with Gasteiger partial charge in [0.25, 0.3) is 5.56 Å². The lowest BCUT2D eigenvalue weighted by Gasteiger charge is -2.07. The summed E-state index contributed by atoms with van der Waals surface area (Å²) in [5.41, 5.74) is 0.125. The predicted molar refractivity (Wildman–Crippen MR) is 105 cm³/mol. The van der Waals surface area contributed by atoms with Crippen molar-refractivity contribution in [2.75, 3.05) is 17.3 Å². The standard InChI is InChI=1S/C17H16Cl2N2O4S/c1-26(24,25)10-9-21-8-2-3-15(17(21)23)20-16(22)7-4-12-11-13(18)5-6-14(12)19/h2-8,11H,9-10H2,1H3,(H,20,22)/b7-4+. The minimum atomic E-state index is -3.20. The molecule has 1 amide bonds. The van der Waals surface area contributed by atoms with E-state index in [1.54, 1.807) is 24.3 Å². The molecule has 0 radical (unpaired) electrons. The lowest BCUT2D eigenvalue weighted by atomic mass is 10.2. The maximum atomic E-state index is 12.3. The molecule has 6 nitrogen and oxygen atoms in total. The van der Waals surface area contributed by atoms with Crippen LogP contribution in [-0.4, -0.2) is 30.9 Å². The van der Waals surface area contributed by atoms with Crippen molar-refractivity contribution in [3.05, 3.63) is 68.6 Å².